The van der Waals surface area contributed by atoms with Crippen molar-refractivity contribution >= 4 is 17.3 Å². The number of anilines is 3. The second-order valence-corrected chi connectivity index (χ2v) is 4.38. The summed E-state index contributed by atoms with van der Waals surface area (Å²) in [5.41, 5.74) is 1.11. The molecule has 0 unspecified atom stereocenters. The third-order valence-electron chi connectivity index (χ3n) is 2.96. The zero-order chi connectivity index (χ0) is 13.6. The van der Waals surface area contributed by atoms with Crippen LogP contribution in [0.15, 0.2) is 36.7 Å². The minimum Gasteiger partial charge on any atom is -0.488 e. The molecule has 2 aromatic heterocycles. The molecule has 0 saturated carbocycles. The largest absolute Gasteiger partial charge is 0.488 e. The van der Waals surface area contributed by atoms with Gasteiger partial charge in [0, 0.05) is 25.5 Å². The van der Waals surface area contributed by atoms with Gasteiger partial charge in [0.15, 0.2) is 11.6 Å². The molecule has 0 radical (unpaired) electrons. The molecule has 104 valence electrons. The molecule has 2 aliphatic heterocycles. The lowest BCUT2D eigenvalue weighted by Gasteiger charge is -2.17. The molecule has 0 amide bonds. The topological polar surface area (TPSA) is 71.1 Å². The predicted octanol–water partition coefficient (Wildman–Crippen LogP) is 1.80. The number of nitrogens with one attached hydrogen (secondary N) is 3. The molecule has 0 fully saturated rings. The van der Waals surface area contributed by atoms with Crippen molar-refractivity contribution in [1.82, 2.24) is 9.97 Å². The van der Waals surface area contributed by atoms with E-state index in [1.165, 1.54) is 0 Å². The number of fused-ring (bicyclic) bond motifs is 2. The van der Waals surface area contributed by atoms with Crippen LogP contribution in [0.1, 0.15) is 0 Å². The summed E-state index contributed by atoms with van der Waals surface area (Å²) in [5, 5.41) is 9.55. The molecule has 2 aliphatic rings. The van der Waals surface area contributed by atoms with Crippen LogP contribution in [0.25, 0.3) is 0 Å². The van der Waals surface area contributed by atoms with E-state index in [4.69, 9.17) is 4.74 Å². The van der Waals surface area contributed by atoms with E-state index in [1.807, 2.05) is 24.3 Å². The van der Waals surface area contributed by atoms with Gasteiger partial charge >= 0.3 is 0 Å². The molecule has 0 spiro atoms. The molecule has 20 heavy (non-hydrogen) atoms. The molecule has 2 aromatic rings. The van der Waals surface area contributed by atoms with E-state index >= 15 is 0 Å². The van der Waals surface area contributed by atoms with Crippen LogP contribution in [-0.2, 0) is 0 Å². The molecule has 4 heterocycles. The summed E-state index contributed by atoms with van der Waals surface area (Å²) in [6, 6.07) is 7.73. The van der Waals surface area contributed by atoms with Crippen molar-refractivity contribution in [3.05, 3.63) is 36.7 Å². The van der Waals surface area contributed by atoms with Crippen molar-refractivity contribution in [2.45, 2.75) is 0 Å². The Kier molecular flexibility index (Phi) is 3.82. The summed E-state index contributed by atoms with van der Waals surface area (Å²) >= 11 is 0. The van der Waals surface area contributed by atoms with Crippen molar-refractivity contribution in [2.24, 2.45) is 0 Å². The van der Waals surface area contributed by atoms with Crippen LogP contribution < -0.4 is 20.7 Å². The number of hydrogen-bond donors (Lipinski definition) is 3. The van der Waals surface area contributed by atoms with E-state index in [1.54, 1.807) is 12.4 Å². The Morgan fingerprint density at radius 1 is 0.850 bits per heavy atom. The van der Waals surface area contributed by atoms with Crippen molar-refractivity contribution in [3.63, 3.8) is 0 Å². The van der Waals surface area contributed by atoms with Crippen molar-refractivity contribution in [3.8, 4) is 5.75 Å². The van der Waals surface area contributed by atoms with Gasteiger partial charge in [0.1, 0.15) is 12.4 Å². The average molecular weight is 271 g/mol. The first kappa shape index (κ1) is 12.5. The lowest BCUT2D eigenvalue weighted by molar-refractivity contribution is 0.321. The van der Waals surface area contributed by atoms with Gasteiger partial charge in [-0.15, -0.1) is 0 Å². The second kappa shape index (κ2) is 6.10. The van der Waals surface area contributed by atoms with Crippen molar-refractivity contribution in [1.29, 1.82) is 0 Å². The zero-order valence-electron chi connectivity index (χ0n) is 11.1. The Hall–Kier alpha value is -2.50. The van der Waals surface area contributed by atoms with Gasteiger partial charge in [-0.25, -0.2) is 9.97 Å². The second-order valence-electron chi connectivity index (χ2n) is 4.38. The fourth-order valence-corrected chi connectivity index (χ4v) is 2.04. The fraction of sp³-hybridized carbons (Fsp3) is 0.286. The van der Waals surface area contributed by atoms with Crippen molar-refractivity contribution in [2.75, 3.05) is 42.2 Å². The van der Waals surface area contributed by atoms with Crippen LogP contribution in [0.2, 0.25) is 0 Å². The Balaban J connectivity index is 0.000000121. The highest BCUT2D eigenvalue weighted by Gasteiger charge is 2.07. The SMILES string of the molecule is c1cnc2c(c1)NCCN2.c1cnc2c(c1)OCCN2. The minimum atomic E-state index is 0.735. The molecule has 3 N–H and O–H groups in total. The lowest BCUT2D eigenvalue weighted by atomic mass is 10.3. The third-order valence-corrected chi connectivity index (χ3v) is 2.96. The molecule has 0 aromatic carbocycles. The summed E-state index contributed by atoms with van der Waals surface area (Å²) in [6.07, 6.45) is 3.54. The standard InChI is InChI=1S/C7H9N3.C7H8N2O/c1-2-6-7(9-3-1)10-5-4-8-6;1-2-6-7(8-3-1)9-4-5-10-6/h1-3,8H,4-5H2,(H,9,10);1-3H,4-5H2,(H,8,9). The molecule has 0 aliphatic carbocycles. The molecule has 6 heteroatoms. The number of rotatable bonds is 0. The van der Waals surface area contributed by atoms with Gasteiger partial charge in [0.05, 0.1) is 12.2 Å². The maximum absolute atomic E-state index is 5.30. The number of ether oxygens (including phenoxy) is 1. The van der Waals surface area contributed by atoms with Gasteiger partial charge < -0.3 is 20.7 Å². The van der Waals surface area contributed by atoms with E-state index in [2.05, 4.69) is 25.9 Å². The minimum absolute atomic E-state index is 0.735. The quantitative estimate of drug-likeness (QED) is 0.679. The highest BCUT2D eigenvalue weighted by molar-refractivity contribution is 5.65. The first-order valence-corrected chi connectivity index (χ1v) is 6.68. The Bertz CT molecular complexity index is 473. The third kappa shape index (κ3) is 2.90. The number of aromatic nitrogens is 2. The summed E-state index contributed by atoms with van der Waals surface area (Å²) in [7, 11) is 0. The zero-order valence-corrected chi connectivity index (χ0v) is 11.1. The van der Waals surface area contributed by atoms with Gasteiger partial charge in [-0.1, -0.05) is 0 Å². The van der Waals surface area contributed by atoms with Crippen LogP contribution in [-0.4, -0.2) is 36.2 Å². The molecule has 0 saturated heterocycles. The summed E-state index contributed by atoms with van der Waals surface area (Å²) < 4.78 is 5.30. The van der Waals surface area contributed by atoms with Gasteiger partial charge in [-0.3, -0.25) is 0 Å². The van der Waals surface area contributed by atoms with Crippen molar-refractivity contribution < 1.29 is 4.74 Å². The van der Waals surface area contributed by atoms with Crippen LogP contribution in [0.3, 0.4) is 0 Å². The molecule has 4 rings (SSSR count). The Morgan fingerprint density at radius 3 is 2.45 bits per heavy atom. The molecule has 0 bridgehead atoms. The van der Waals surface area contributed by atoms with Gasteiger partial charge in [0.25, 0.3) is 0 Å². The summed E-state index contributed by atoms with van der Waals surface area (Å²) in [5.74, 6) is 2.68. The maximum atomic E-state index is 5.30. The van der Waals surface area contributed by atoms with Crippen LogP contribution in [0.4, 0.5) is 17.3 Å². The molecule has 6 nitrogen and oxygen atoms in total. The van der Waals surface area contributed by atoms with E-state index in [9.17, 15) is 0 Å². The first-order chi connectivity index (χ1) is 9.93. The number of nitrogens with zero attached hydrogens (tertiary/aromatic N) is 2. The fourth-order valence-electron chi connectivity index (χ4n) is 2.04. The van der Waals surface area contributed by atoms with Crippen LogP contribution in [0, 0.1) is 0 Å². The monoisotopic (exact) mass is 271 g/mol. The molecular formula is C14H17N5O. The van der Waals surface area contributed by atoms with E-state index in [0.29, 0.717) is 0 Å². The van der Waals surface area contributed by atoms with Gasteiger partial charge in [-0.2, -0.15) is 0 Å². The van der Waals surface area contributed by atoms with E-state index in [0.717, 1.165) is 49.3 Å². The summed E-state index contributed by atoms with van der Waals surface area (Å²) in [4.78, 5) is 8.23. The average Bonchev–Trinajstić information content (AvgIpc) is 2.56. The van der Waals surface area contributed by atoms with E-state index in [-0.39, 0.29) is 0 Å². The van der Waals surface area contributed by atoms with E-state index < -0.39 is 0 Å². The van der Waals surface area contributed by atoms with Crippen LogP contribution >= 0.6 is 0 Å². The van der Waals surface area contributed by atoms with Gasteiger partial charge in [-0.05, 0) is 24.3 Å². The van der Waals surface area contributed by atoms with Crippen LogP contribution in [0.5, 0.6) is 5.75 Å². The lowest BCUT2D eigenvalue weighted by Crippen LogP contribution is -2.21. The molecule has 0 atom stereocenters. The Labute approximate surface area is 117 Å². The first-order valence-electron chi connectivity index (χ1n) is 6.68. The maximum Gasteiger partial charge on any atom is 0.168 e. The Morgan fingerprint density at radius 2 is 1.60 bits per heavy atom. The summed E-state index contributed by atoms with van der Waals surface area (Å²) in [6.45, 7) is 3.53. The number of pyridine rings is 2. The highest BCUT2D eigenvalue weighted by atomic mass is 16.5. The smallest absolute Gasteiger partial charge is 0.168 e. The highest BCUT2D eigenvalue weighted by Crippen LogP contribution is 2.22. The van der Waals surface area contributed by atoms with Gasteiger partial charge in [0.2, 0.25) is 0 Å². The number of hydrogen-bond acceptors (Lipinski definition) is 6. The normalized spacial score (nSPS) is 14.8. The predicted molar refractivity (Wildman–Crippen MR) is 79.4 cm³/mol. The molecular weight excluding hydrogens is 254 g/mol.